The maximum absolute atomic E-state index is 12.7. The Kier molecular flexibility index (Phi) is 4.65. The van der Waals surface area contributed by atoms with E-state index in [1.807, 2.05) is 6.92 Å². The maximum Gasteiger partial charge on any atom is 0.309 e. The summed E-state index contributed by atoms with van der Waals surface area (Å²) in [6.07, 6.45) is -0.940. The number of aryl methyl sites for hydroxylation is 1. The second-order valence-corrected chi connectivity index (χ2v) is 6.91. The van der Waals surface area contributed by atoms with E-state index in [-0.39, 0.29) is 24.0 Å². The van der Waals surface area contributed by atoms with Gasteiger partial charge >= 0.3 is 5.97 Å². The van der Waals surface area contributed by atoms with Gasteiger partial charge in [-0.2, -0.15) is 4.31 Å². The summed E-state index contributed by atoms with van der Waals surface area (Å²) in [7, 11) is -2.44. The highest BCUT2D eigenvalue weighted by molar-refractivity contribution is 7.89. The predicted octanol–water partition coefficient (Wildman–Crippen LogP) is 1.29. The van der Waals surface area contributed by atoms with Gasteiger partial charge in [-0.25, -0.2) is 8.42 Å². The van der Waals surface area contributed by atoms with Crippen molar-refractivity contribution in [1.29, 1.82) is 0 Å². The van der Waals surface area contributed by atoms with Gasteiger partial charge in [0.2, 0.25) is 10.0 Å². The van der Waals surface area contributed by atoms with Crippen LogP contribution in [-0.2, 0) is 24.3 Å². The van der Waals surface area contributed by atoms with E-state index in [2.05, 4.69) is 4.74 Å². The number of hydrogen-bond donors (Lipinski definition) is 0. The van der Waals surface area contributed by atoms with Crippen LogP contribution in [-0.4, -0.2) is 44.7 Å². The molecule has 1 fully saturated rings. The van der Waals surface area contributed by atoms with Crippen molar-refractivity contribution >= 4 is 16.0 Å². The SMILES string of the molecule is COC(=O)C[C@@H]1OC[C@H](C)N1S(=O)(=O)c1ccc(C)cc1. The molecule has 1 aromatic rings. The monoisotopic (exact) mass is 313 g/mol. The number of benzene rings is 1. The van der Waals surface area contributed by atoms with Gasteiger partial charge in [0, 0.05) is 6.04 Å². The molecule has 2 rings (SSSR count). The standard InChI is InChI=1S/C14H19NO5S/c1-10-4-6-12(7-5-10)21(17,18)15-11(2)9-20-13(15)8-14(16)19-3/h4-7,11,13H,8-9H2,1-3H3/t11-,13-/m0/s1. The van der Waals surface area contributed by atoms with Gasteiger partial charge in [0.1, 0.15) is 6.23 Å². The zero-order chi connectivity index (χ0) is 15.6. The molecule has 21 heavy (non-hydrogen) atoms. The van der Waals surface area contributed by atoms with Gasteiger partial charge in [0.25, 0.3) is 0 Å². The largest absolute Gasteiger partial charge is 0.469 e. The highest BCUT2D eigenvalue weighted by atomic mass is 32.2. The van der Waals surface area contributed by atoms with E-state index in [4.69, 9.17) is 4.74 Å². The summed E-state index contributed by atoms with van der Waals surface area (Å²) in [5, 5.41) is 0. The highest BCUT2D eigenvalue weighted by Crippen LogP contribution is 2.28. The molecule has 1 aliphatic rings. The van der Waals surface area contributed by atoms with Crippen molar-refractivity contribution in [2.75, 3.05) is 13.7 Å². The lowest BCUT2D eigenvalue weighted by Crippen LogP contribution is -2.41. The molecule has 0 radical (unpaired) electrons. The molecule has 0 saturated carbocycles. The lowest BCUT2D eigenvalue weighted by molar-refractivity contribution is -0.144. The number of carbonyl (C=O) groups is 1. The van der Waals surface area contributed by atoms with Crippen LogP contribution >= 0.6 is 0 Å². The Morgan fingerprint density at radius 2 is 2.00 bits per heavy atom. The van der Waals surface area contributed by atoms with Crippen LogP contribution in [0.4, 0.5) is 0 Å². The molecule has 6 nitrogen and oxygen atoms in total. The van der Waals surface area contributed by atoms with Crippen LogP contribution in [0.1, 0.15) is 18.9 Å². The molecular weight excluding hydrogens is 294 g/mol. The first-order chi connectivity index (χ1) is 9.86. The van der Waals surface area contributed by atoms with Gasteiger partial charge in [-0.3, -0.25) is 4.79 Å². The first-order valence-corrected chi connectivity index (χ1v) is 8.09. The van der Waals surface area contributed by atoms with Crippen molar-refractivity contribution in [3.05, 3.63) is 29.8 Å². The van der Waals surface area contributed by atoms with Crippen molar-refractivity contribution in [2.45, 2.75) is 37.4 Å². The minimum atomic E-state index is -3.71. The van der Waals surface area contributed by atoms with Crippen molar-refractivity contribution in [2.24, 2.45) is 0 Å². The third-order valence-electron chi connectivity index (χ3n) is 3.41. The Bertz CT molecular complexity index is 611. The Hall–Kier alpha value is -1.44. The van der Waals surface area contributed by atoms with Crippen LogP contribution in [0.3, 0.4) is 0 Å². The first kappa shape index (κ1) is 15.9. The van der Waals surface area contributed by atoms with Gasteiger partial charge in [0.05, 0.1) is 25.0 Å². The smallest absolute Gasteiger partial charge is 0.309 e. The fourth-order valence-corrected chi connectivity index (χ4v) is 3.98. The first-order valence-electron chi connectivity index (χ1n) is 6.65. The molecule has 0 bridgehead atoms. The zero-order valence-corrected chi connectivity index (χ0v) is 13.1. The van der Waals surface area contributed by atoms with Crippen molar-refractivity contribution in [1.82, 2.24) is 4.31 Å². The summed E-state index contributed by atoms with van der Waals surface area (Å²) in [6, 6.07) is 6.27. The van der Waals surface area contributed by atoms with Crippen molar-refractivity contribution in [3.8, 4) is 0 Å². The Labute approximate surface area is 124 Å². The van der Waals surface area contributed by atoms with Crippen LogP contribution in [0.15, 0.2) is 29.2 Å². The van der Waals surface area contributed by atoms with E-state index < -0.39 is 22.2 Å². The Morgan fingerprint density at radius 1 is 1.38 bits per heavy atom. The molecule has 7 heteroatoms. The van der Waals surface area contributed by atoms with Gasteiger partial charge in [-0.1, -0.05) is 17.7 Å². The summed E-state index contributed by atoms with van der Waals surface area (Å²) in [4.78, 5) is 11.6. The average Bonchev–Trinajstić information content (AvgIpc) is 2.80. The molecule has 0 unspecified atom stereocenters. The van der Waals surface area contributed by atoms with Gasteiger partial charge in [0.15, 0.2) is 0 Å². The molecule has 1 aromatic carbocycles. The van der Waals surface area contributed by atoms with E-state index in [9.17, 15) is 13.2 Å². The van der Waals surface area contributed by atoms with Crippen LogP contribution < -0.4 is 0 Å². The number of rotatable bonds is 4. The number of methoxy groups -OCH3 is 1. The summed E-state index contributed by atoms with van der Waals surface area (Å²) in [6.45, 7) is 3.90. The van der Waals surface area contributed by atoms with Gasteiger partial charge < -0.3 is 9.47 Å². The van der Waals surface area contributed by atoms with E-state index >= 15 is 0 Å². The number of sulfonamides is 1. The molecule has 2 atom stereocenters. The molecule has 116 valence electrons. The number of ether oxygens (including phenoxy) is 2. The highest BCUT2D eigenvalue weighted by Gasteiger charge is 2.42. The molecule has 0 N–H and O–H groups in total. The topological polar surface area (TPSA) is 72.9 Å². The van der Waals surface area contributed by atoms with Crippen molar-refractivity contribution < 1.29 is 22.7 Å². The molecule has 0 aliphatic carbocycles. The lowest BCUT2D eigenvalue weighted by Gasteiger charge is -2.25. The number of hydrogen-bond acceptors (Lipinski definition) is 5. The van der Waals surface area contributed by atoms with Gasteiger partial charge in [-0.15, -0.1) is 0 Å². The Morgan fingerprint density at radius 3 is 2.57 bits per heavy atom. The minimum Gasteiger partial charge on any atom is -0.469 e. The van der Waals surface area contributed by atoms with Crippen LogP contribution in [0.5, 0.6) is 0 Å². The second-order valence-electron chi connectivity index (χ2n) is 5.07. The predicted molar refractivity (Wildman–Crippen MR) is 76.0 cm³/mol. The lowest BCUT2D eigenvalue weighted by atomic mass is 10.2. The van der Waals surface area contributed by atoms with Crippen LogP contribution in [0, 0.1) is 6.92 Å². The summed E-state index contributed by atoms with van der Waals surface area (Å²) < 4.78 is 36.7. The average molecular weight is 313 g/mol. The van der Waals surface area contributed by atoms with Crippen LogP contribution in [0.25, 0.3) is 0 Å². The third kappa shape index (κ3) is 3.25. The molecular formula is C14H19NO5S. The minimum absolute atomic E-state index is 0.119. The number of nitrogens with zero attached hydrogens (tertiary/aromatic N) is 1. The fraction of sp³-hybridized carbons (Fsp3) is 0.500. The zero-order valence-electron chi connectivity index (χ0n) is 12.3. The quantitative estimate of drug-likeness (QED) is 0.783. The van der Waals surface area contributed by atoms with E-state index in [1.165, 1.54) is 11.4 Å². The van der Waals surface area contributed by atoms with E-state index in [1.54, 1.807) is 31.2 Å². The second kappa shape index (κ2) is 6.13. The third-order valence-corrected chi connectivity index (χ3v) is 5.43. The summed E-state index contributed by atoms with van der Waals surface area (Å²) in [5.74, 6) is -0.502. The normalized spacial score (nSPS) is 23.2. The molecule has 0 spiro atoms. The van der Waals surface area contributed by atoms with Crippen LogP contribution in [0.2, 0.25) is 0 Å². The van der Waals surface area contributed by atoms with Crippen molar-refractivity contribution in [3.63, 3.8) is 0 Å². The molecule has 1 aliphatic heterocycles. The molecule has 1 saturated heterocycles. The van der Waals surface area contributed by atoms with Gasteiger partial charge in [-0.05, 0) is 26.0 Å². The molecule has 1 heterocycles. The molecule has 0 aromatic heterocycles. The number of carbonyl (C=O) groups excluding carboxylic acids is 1. The van der Waals surface area contributed by atoms with E-state index in [0.717, 1.165) is 5.56 Å². The Balaban J connectivity index is 2.31. The number of esters is 1. The fourth-order valence-electron chi connectivity index (χ4n) is 2.28. The molecule has 0 amide bonds. The summed E-state index contributed by atoms with van der Waals surface area (Å²) >= 11 is 0. The maximum atomic E-state index is 12.7. The summed E-state index contributed by atoms with van der Waals surface area (Å²) in [5.41, 5.74) is 0.978. The van der Waals surface area contributed by atoms with E-state index in [0.29, 0.717) is 0 Å².